The van der Waals surface area contributed by atoms with Gasteiger partial charge in [-0.15, -0.1) is 0 Å². The fraction of sp³-hybridized carbons (Fsp3) is 0.875. The molecule has 0 saturated heterocycles. The quantitative estimate of drug-likeness (QED) is 0.697. The number of rotatable bonds is 3. The molecule has 0 saturated carbocycles. The number of hydrazone groups is 1. The highest BCUT2D eigenvalue weighted by atomic mass is 79.9. The van der Waals surface area contributed by atoms with Crippen LogP contribution in [0.15, 0.2) is 5.10 Å². The number of hydrogen-bond donors (Lipinski definition) is 0. The Morgan fingerprint density at radius 3 is 2.75 bits per heavy atom. The van der Waals surface area contributed by atoms with E-state index < -0.39 is 0 Å². The summed E-state index contributed by atoms with van der Waals surface area (Å²) in [6.07, 6.45) is 3.37. The summed E-state index contributed by atoms with van der Waals surface area (Å²) < 4.78 is 2.00. The molecule has 3 nitrogen and oxygen atoms in total. The van der Waals surface area contributed by atoms with Crippen molar-refractivity contribution in [1.82, 2.24) is 8.93 Å². The first-order valence-corrected chi connectivity index (χ1v) is 5.11. The predicted octanol–water partition coefficient (Wildman–Crippen LogP) is 2.25. The van der Waals surface area contributed by atoms with Crippen LogP contribution in [0.25, 0.3) is 0 Å². The van der Waals surface area contributed by atoms with Crippen molar-refractivity contribution in [3.8, 4) is 0 Å². The van der Waals surface area contributed by atoms with Crippen molar-refractivity contribution in [2.75, 3.05) is 6.54 Å². The Morgan fingerprint density at radius 1 is 1.58 bits per heavy atom. The van der Waals surface area contributed by atoms with Gasteiger partial charge in [0.15, 0.2) is 0 Å². The summed E-state index contributed by atoms with van der Waals surface area (Å²) in [6.45, 7) is 7.55. The average Bonchev–Trinajstić information content (AvgIpc) is 2.32. The van der Waals surface area contributed by atoms with Crippen LogP contribution in [0.5, 0.6) is 0 Å². The van der Waals surface area contributed by atoms with E-state index in [1.807, 2.05) is 10.3 Å². The van der Waals surface area contributed by atoms with Gasteiger partial charge in [0, 0.05) is 6.54 Å². The minimum atomic E-state index is 0.398. The van der Waals surface area contributed by atoms with Crippen molar-refractivity contribution in [2.45, 2.75) is 33.4 Å². The van der Waals surface area contributed by atoms with Crippen molar-refractivity contribution in [3.05, 3.63) is 0 Å². The lowest BCUT2D eigenvalue weighted by Gasteiger charge is -2.26. The smallest absolute Gasteiger partial charge is 0.130 e. The van der Waals surface area contributed by atoms with E-state index in [-0.39, 0.29) is 0 Å². The molecule has 70 valence electrons. The number of halogens is 1. The molecule has 1 aliphatic rings. The van der Waals surface area contributed by atoms with Crippen LogP contribution in [0.4, 0.5) is 0 Å². The summed E-state index contributed by atoms with van der Waals surface area (Å²) in [7, 11) is 0. The standard InChI is InChI=1S/C8H16BrN3/c1-4-12-8(5-7(2)3)11(9)6-10-12/h6-8H,4-5H2,1-3H3. The zero-order valence-electron chi connectivity index (χ0n) is 7.87. The zero-order chi connectivity index (χ0) is 9.14. The van der Waals surface area contributed by atoms with Crippen LogP contribution in [0, 0.1) is 5.92 Å². The summed E-state index contributed by atoms with van der Waals surface area (Å²) in [4.78, 5) is 0. The summed E-state index contributed by atoms with van der Waals surface area (Å²) in [5.41, 5.74) is 0. The van der Waals surface area contributed by atoms with Crippen molar-refractivity contribution in [2.24, 2.45) is 11.0 Å². The molecular weight excluding hydrogens is 218 g/mol. The van der Waals surface area contributed by atoms with E-state index in [0.29, 0.717) is 12.1 Å². The molecule has 0 fully saturated rings. The van der Waals surface area contributed by atoms with Crippen LogP contribution in [-0.4, -0.2) is 28.0 Å². The third-order valence-corrected chi connectivity index (χ3v) is 2.60. The minimum Gasteiger partial charge on any atom is -0.274 e. The van der Waals surface area contributed by atoms with E-state index in [2.05, 4.69) is 47.0 Å². The van der Waals surface area contributed by atoms with Gasteiger partial charge in [-0.25, -0.2) is 0 Å². The Hall–Kier alpha value is -0.250. The third-order valence-electron chi connectivity index (χ3n) is 1.95. The van der Waals surface area contributed by atoms with Crippen LogP contribution >= 0.6 is 16.1 Å². The second-order valence-corrected chi connectivity index (χ2v) is 4.26. The summed E-state index contributed by atoms with van der Waals surface area (Å²) in [5, 5.41) is 6.35. The van der Waals surface area contributed by atoms with Crippen LogP contribution in [-0.2, 0) is 0 Å². The van der Waals surface area contributed by atoms with Gasteiger partial charge in [0.2, 0.25) is 0 Å². The second kappa shape index (κ2) is 4.12. The minimum absolute atomic E-state index is 0.398. The van der Waals surface area contributed by atoms with Gasteiger partial charge >= 0.3 is 0 Å². The molecule has 0 N–H and O–H groups in total. The molecule has 0 aliphatic carbocycles. The Balaban J connectivity index is 2.50. The van der Waals surface area contributed by atoms with Crippen LogP contribution in [0.3, 0.4) is 0 Å². The van der Waals surface area contributed by atoms with Crippen LogP contribution in [0.2, 0.25) is 0 Å². The van der Waals surface area contributed by atoms with Gasteiger partial charge in [-0.3, -0.25) is 8.93 Å². The SMILES string of the molecule is CCN1N=CN(Br)C1CC(C)C. The maximum absolute atomic E-state index is 4.26. The third kappa shape index (κ3) is 2.12. The molecule has 1 rings (SSSR count). The Kier molecular flexibility index (Phi) is 3.38. The zero-order valence-corrected chi connectivity index (χ0v) is 9.45. The number of nitrogens with zero attached hydrogens (tertiary/aromatic N) is 3. The topological polar surface area (TPSA) is 18.8 Å². The maximum Gasteiger partial charge on any atom is 0.130 e. The maximum atomic E-state index is 4.26. The monoisotopic (exact) mass is 233 g/mol. The van der Waals surface area contributed by atoms with Gasteiger partial charge in [0.25, 0.3) is 0 Å². The fourth-order valence-corrected chi connectivity index (χ4v) is 1.79. The van der Waals surface area contributed by atoms with E-state index in [1.165, 1.54) is 0 Å². The molecule has 0 amide bonds. The van der Waals surface area contributed by atoms with E-state index in [4.69, 9.17) is 0 Å². The van der Waals surface area contributed by atoms with Gasteiger partial charge < -0.3 is 0 Å². The molecule has 1 heterocycles. The molecule has 0 aromatic carbocycles. The normalized spacial score (nSPS) is 22.9. The Morgan fingerprint density at radius 2 is 2.25 bits per heavy atom. The molecule has 0 bridgehead atoms. The summed E-state index contributed by atoms with van der Waals surface area (Å²) in [5.74, 6) is 0.700. The highest BCUT2D eigenvalue weighted by Crippen LogP contribution is 2.21. The van der Waals surface area contributed by atoms with Gasteiger partial charge in [0.1, 0.15) is 12.5 Å². The first-order valence-electron chi connectivity index (χ1n) is 4.40. The lowest BCUT2D eigenvalue weighted by Crippen LogP contribution is -2.35. The van der Waals surface area contributed by atoms with Gasteiger partial charge in [-0.1, -0.05) is 13.8 Å². The lowest BCUT2D eigenvalue weighted by molar-refractivity contribution is 0.165. The fourth-order valence-electron chi connectivity index (χ4n) is 1.33. The van der Waals surface area contributed by atoms with Crippen molar-refractivity contribution >= 4 is 22.5 Å². The van der Waals surface area contributed by atoms with E-state index >= 15 is 0 Å². The Labute approximate surface area is 82.8 Å². The van der Waals surface area contributed by atoms with Gasteiger partial charge in [-0.2, -0.15) is 5.10 Å². The lowest BCUT2D eigenvalue weighted by atomic mass is 10.1. The predicted molar refractivity (Wildman–Crippen MR) is 54.9 cm³/mol. The molecule has 12 heavy (non-hydrogen) atoms. The highest BCUT2D eigenvalue weighted by molar-refractivity contribution is 9.07. The van der Waals surface area contributed by atoms with Crippen LogP contribution in [0.1, 0.15) is 27.2 Å². The molecule has 1 atom stereocenters. The molecule has 0 aromatic heterocycles. The largest absolute Gasteiger partial charge is 0.274 e. The molecular formula is C8H16BrN3. The molecule has 0 radical (unpaired) electrons. The first-order chi connectivity index (χ1) is 5.65. The molecule has 0 aromatic rings. The first kappa shape index (κ1) is 9.84. The molecule has 1 aliphatic heterocycles. The second-order valence-electron chi connectivity index (χ2n) is 3.44. The van der Waals surface area contributed by atoms with E-state index in [1.54, 1.807) is 0 Å². The molecule has 1 unspecified atom stereocenters. The van der Waals surface area contributed by atoms with Crippen molar-refractivity contribution < 1.29 is 0 Å². The van der Waals surface area contributed by atoms with Gasteiger partial charge in [0.05, 0.1) is 16.1 Å². The summed E-state index contributed by atoms with van der Waals surface area (Å²) >= 11 is 3.46. The van der Waals surface area contributed by atoms with E-state index in [0.717, 1.165) is 13.0 Å². The summed E-state index contributed by atoms with van der Waals surface area (Å²) in [6, 6.07) is 0. The van der Waals surface area contributed by atoms with E-state index in [9.17, 15) is 0 Å². The average molecular weight is 234 g/mol. The van der Waals surface area contributed by atoms with Crippen molar-refractivity contribution in [3.63, 3.8) is 0 Å². The highest BCUT2D eigenvalue weighted by Gasteiger charge is 2.25. The molecule has 0 spiro atoms. The number of hydrogen-bond acceptors (Lipinski definition) is 3. The van der Waals surface area contributed by atoms with Gasteiger partial charge in [-0.05, 0) is 19.3 Å². The van der Waals surface area contributed by atoms with Crippen molar-refractivity contribution in [1.29, 1.82) is 0 Å². The van der Waals surface area contributed by atoms with Crippen LogP contribution < -0.4 is 0 Å². The molecule has 4 heteroatoms. The Bertz CT molecular complexity index is 170.